The summed E-state index contributed by atoms with van der Waals surface area (Å²) in [5.74, 6) is -1.86. The van der Waals surface area contributed by atoms with Gasteiger partial charge < -0.3 is 5.11 Å². The molecule has 2 amide bonds. The summed E-state index contributed by atoms with van der Waals surface area (Å²) in [5.41, 5.74) is 1.96. The highest BCUT2D eigenvalue weighted by atomic mass is 19.1. The largest absolute Gasteiger partial charge is 0.858 e. The summed E-state index contributed by atoms with van der Waals surface area (Å²) >= 11 is 0. The maximum Gasteiger partial charge on any atom is 0.326 e. The Morgan fingerprint density at radius 2 is 1.82 bits per heavy atom. The van der Waals surface area contributed by atoms with Crippen LogP contribution < -0.4 is 9.67 Å². The molecule has 0 aliphatic carbocycles. The number of amides is 2. The molecule has 0 saturated heterocycles. The summed E-state index contributed by atoms with van der Waals surface area (Å²) in [6.45, 7) is 7.78. The predicted octanol–water partition coefficient (Wildman–Crippen LogP) is 2.64. The molecule has 33 heavy (non-hydrogen) atoms. The first-order chi connectivity index (χ1) is 15.7. The molecule has 4 rings (SSSR count). The SMILES string of the molecule is CCc1nn(-c2ccc(F)cc2)c([O-])c1C1=C([n+]2cccc(C)c2)C(=O)N(CC(C)C)C1=O. The van der Waals surface area contributed by atoms with E-state index in [0.717, 1.165) is 10.2 Å². The minimum atomic E-state index is -0.522. The molecule has 0 spiro atoms. The van der Waals surface area contributed by atoms with Crippen LogP contribution in [-0.2, 0) is 16.0 Å². The topological polar surface area (TPSA) is 82.1 Å². The van der Waals surface area contributed by atoms with Crippen LogP contribution in [0.25, 0.3) is 17.0 Å². The molecule has 1 aliphatic rings. The smallest absolute Gasteiger partial charge is 0.326 e. The number of imide groups is 1. The third kappa shape index (κ3) is 3.92. The van der Waals surface area contributed by atoms with Crippen LogP contribution in [0, 0.1) is 18.7 Å². The van der Waals surface area contributed by atoms with Gasteiger partial charge in [0, 0.05) is 23.7 Å². The van der Waals surface area contributed by atoms with Gasteiger partial charge in [-0.2, -0.15) is 9.67 Å². The van der Waals surface area contributed by atoms with Gasteiger partial charge in [0.15, 0.2) is 12.4 Å². The van der Waals surface area contributed by atoms with Crippen LogP contribution in [-0.4, -0.2) is 33.0 Å². The number of carbonyl (C=O) groups excluding carboxylic acids is 2. The predicted molar refractivity (Wildman–Crippen MR) is 118 cm³/mol. The van der Waals surface area contributed by atoms with Gasteiger partial charge in [-0.3, -0.25) is 14.5 Å². The van der Waals surface area contributed by atoms with Crippen molar-refractivity contribution in [1.29, 1.82) is 0 Å². The highest BCUT2D eigenvalue weighted by Crippen LogP contribution is 2.37. The van der Waals surface area contributed by atoms with Gasteiger partial charge >= 0.3 is 5.91 Å². The Bertz CT molecular complexity index is 1280. The second kappa shape index (κ2) is 8.61. The fraction of sp³-hybridized carbons (Fsp3) is 0.280. The van der Waals surface area contributed by atoms with Gasteiger partial charge in [0.1, 0.15) is 11.4 Å². The van der Waals surface area contributed by atoms with Crippen molar-refractivity contribution in [3.8, 4) is 11.6 Å². The van der Waals surface area contributed by atoms with Crippen LogP contribution in [0.1, 0.15) is 37.6 Å². The molecule has 0 unspecified atom stereocenters. The number of nitrogens with zero attached hydrogens (tertiary/aromatic N) is 4. The number of rotatable bonds is 6. The van der Waals surface area contributed by atoms with Gasteiger partial charge in [0.2, 0.25) is 0 Å². The molecule has 8 heteroatoms. The summed E-state index contributed by atoms with van der Waals surface area (Å²) in [6.07, 6.45) is 3.81. The van der Waals surface area contributed by atoms with Crippen LogP contribution in [0.2, 0.25) is 0 Å². The van der Waals surface area contributed by atoms with Crippen molar-refractivity contribution in [2.45, 2.75) is 34.1 Å². The Labute approximate surface area is 191 Å². The van der Waals surface area contributed by atoms with E-state index >= 15 is 0 Å². The molecule has 7 nitrogen and oxygen atoms in total. The average molecular weight is 448 g/mol. The quantitative estimate of drug-likeness (QED) is 0.429. The lowest BCUT2D eigenvalue weighted by atomic mass is 10.0. The average Bonchev–Trinajstić information content (AvgIpc) is 3.22. The van der Waals surface area contributed by atoms with Crippen LogP contribution in [0.5, 0.6) is 5.88 Å². The van der Waals surface area contributed by atoms with Crippen molar-refractivity contribution < 1.29 is 23.7 Å². The monoisotopic (exact) mass is 448 g/mol. The lowest BCUT2D eigenvalue weighted by Gasteiger charge is -2.17. The van der Waals surface area contributed by atoms with E-state index < -0.39 is 23.5 Å². The second-order valence-corrected chi connectivity index (χ2v) is 8.50. The number of carbonyl (C=O) groups is 2. The third-order valence-electron chi connectivity index (χ3n) is 5.47. The number of pyridine rings is 1. The van der Waals surface area contributed by atoms with Gasteiger partial charge in [-0.25, -0.2) is 9.07 Å². The standard InChI is InChI=1S/C25H25FN4O3/c1-5-19-20(24(32)30(27-19)18-10-8-17(26)9-11-18)21-22(28-12-6-7-16(4)14-28)25(33)29(23(21)31)13-15(2)3/h6-12,14-15H,5,13H2,1-4H3. The van der Waals surface area contributed by atoms with Gasteiger partial charge in [-0.15, -0.1) is 0 Å². The maximum absolute atomic E-state index is 13.5. The van der Waals surface area contributed by atoms with E-state index in [2.05, 4.69) is 5.10 Å². The number of aryl methyl sites for hydroxylation is 2. The minimum Gasteiger partial charge on any atom is -0.858 e. The van der Waals surface area contributed by atoms with Crippen molar-refractivity contribution >= 4 is 23.1 Å². The molecule has 0 N–H and O–H groups in total. The molecular weight excluding hydrogens is 423 g/mol. The number of hydrogen-bond donors (Lipinski definition) is 0. The highest BCUT2D eigenvalue weighted by molar-refractivity contribution is 6.44. The van der Waals surface area contributed by atoms with E-state index in [0.29, 0.717) is 17.8 Å². The minimum absolute atomic E-state index is 0.0476. The van der Waals surface area contributed by atoms with Crippen LogP contribution in [0.3, 0.4) is 0 Å². The zero-order valence-electron chi connectivity index (χ0n) is 19.0. The van der Waals surface area contributed by atoms with E-state index in [1.807, 2.05) is 33.8 Å². The molecule has 0 atom stereocenters. The molecule has 1 aliphatic heterocycles. The molecule has 3 aromatic rings. The Hall–Kier alpha value is -3.81. The van der Waals surface area contributed by atoms with Crippen molar-refractivity contribution in [3.63, 3.8) is 0 Å². The molecule has 0 bridgehead atoms. The lowest BCUT2D eigenvalue weighted by molar-refractivity contribution is -0.577. The second-order valence-electron chi connectivity index (χ2n) is 8.50. The van der Waals surface area contributed by atoms with Gasteiger partial charge in [0.25, 0.3) is 11.6 Å². The molecular formula is C25H25FN4O3. The number of aromatic nitrogens is 3. The van der Waals surface area contributed by atoms with Crippen LogP contribution in [0.15, 0.2) is 48.8 Å². The van der Waals surface area contributed by atoms with E-state index in [1.54, 1.807) is 23.0 Å². The molecule has 1 aromatic carbocycles. The van der Waals surface area contributed by atoms with Gasteiger partial charge in [0.05, 0.1) is 11.4 Å². The Morgan fingerprint density at radius 3 is 2.42 bits per heavy atom. The Kier molecular flexibility index (Phi) is 5.84. The van der Waals surface area contributed by atoms with E-state index in [1.165, 1.54) is 29.2 Å². The van der Waals surface area contributed by atoms with Crippen molar-refractivity contribution in [1.82, 2.24) is 14.7 Å². The number of hydrogen-bond acceptors (Lipinski definition) is 4. The first-order valence-corrected chi connectivity index (χ1v) is 10.9. The number of halogens is 1. The highest BCUT2D eigenvalue weighted by Gasteiger charge is 2.46. The molecule has 3 heterocycles. The van der Waals surface area contributed by atoms with Gasteiger partial charge in [-0.1, -0.05) is 20.8 Å². The molecule has 170 valence electrons. The molecule has 0 saturated carbocycles. The van der Waals surface area contributed by atoms with Crippen molar-refractivity contribution in [2.75, 3.05) is 6.54 Å². The third-order valence-corrected chi connectivity index (χ3v) is 5.47. The lowest BCUT2D eigenvalue weighted by Crippen LogP contribution is -2.41. The van der Waals surface area contributed by atoms with Crippen molar-refractivity contribution in [3.05, 3.63) is 71.4 Å². The van der Waals surface area contributed by atoms with Gasteiger partial charge in [-0.05, 0) is 55.5 Å². The Balaban J connectivity index is 1.98. The zero-order valence-corrected chi connectivity index (χ0v) is 19.0. The number of benzene rings is 1. The Morgan fingerprint density at radius 1 is 1.12 bits per heavy atom. The summed E-state index contributed by atoms with van der Waals surface area (Å²) in [6, 6.07) is 9.04. The zero-order chi connectivity index (χ0) is 23.9. The first-order valence-electron chi connectivity index (χ1n) is 10.9. The maximum atomic E-state index is 13.5. The van der Waals surface area contributed by atoms with Crippen LogP contribution in [0.4, 0.5) is 4.39 Å². The summed E-state index contributed by atoms with van der Waals surface area (Å²) in [5, 5.41) is 17.9. The van der Waals surface area contributed by atoms with E-state index in [-0.39, 0.29) is 29.3 Å². The summed E-state index contributed by atoms with van der Waals surface area (Å²) in [7, 11) is 0. The van der Waals surface area contributed by atoms with Crippen molar-refractivity contribution in [2.24, 2.45) is 5.92 Å². The normalized spacial score (nSPS) is 14.2. The molecule has 0 fully saturated rings. The fourth-order valence-corrected chi connectivity index (χ4v) is 3.99. The summed E-state index contributed by atoms with van der Waals surface area (Å²) in [4.78, 5) is 28.2. The fourth-order valence-electron chi connectivity index (χ4n) is 3.99. The van der Waals surface area contributed by atoms with E-state index in [9.17, 15) is 19.1 Å². The molecule has 2 aromatic heterocycles. The van der Waals surface area contributed by atoms with E-state index in [4.69, 9.17) is 0 Å². The first kappa shape index (κ1) is 22.4. The molecule has 0 radical (unpaired) electrons. The summed E-state index contributed by atoms with van der Waals surface area (Å²) < 4.78 is 16.2. The van der Waals surface area contributed by atoms with Crippen LogP contribution >= 0.6 is 0 Å².